The molecule has 0 spiro atoms. The van der Waals surface area contributed by atoms with Crippen molar-refractivity contribution in [3.05, 3.63) is 35.4 Å². The minimum Gasteiger partial charge on any atom is -0.307 e. The first kappa shape index (κ1) is 17.6. The second-order valence-electron chi connectivity index (χ2n) is 8.31. The molecule has 2 aliphatic rings. The molecule has 0 radical (unpaired) electrons. The van der Waals surface area contributed by atoms with Crippen LogP contribution < -0.4 is 5.32 Å². The molecule has 2 heterocycles. The normalized spacial score (nSPS) is 24.1. The Kier molecular flexibility index (Phi) is 4.37. The fourth-order valence-electron chi connectivity index (χ4n) is 4.59. The average molecular weight is 393 g/mol. The largest absolute Gasteiger partial charge is 0.307 e. The number of hydrogen-bond acceptors (Lipinski definition) is 3. The Morgan fingerprint density at radius 1 is 1.08 bits per heavy atom. The van der Waals surface area contributed by atoms with Gasteiger partial charge in [0, 0.05) is 16.4 Å². The van der Waals surface area contributed by atoms with E-state index in [1.54, 1.807) is 12.1 Å². The van der Waals surface area contributed by atoms with Crippen molar-refractivity contribution in [2.75, 3.05) is 5.33 Å². The van der Waals surface area contributed by atoms with Gasteiger partial charge in [-0.3, -0.25) is 14.5 Å². The first-order valence-corrected chi connectivity index (χ1v) is 9.59. The number of nitrogens with zero attached hydrogens (tertiary/aromatic N) is 1. The quantitative estimate of drug-likeness (QED) is 0.631. The summed E-state index contributed by atoms with van der Waals surface area (Å²) >= 11 is 3.57. The monoisotopic (exact) mass is 392 g/mol. The lowest BCUT2D eigenvalue weighted by Crippen LogP contribution is -2.61. The van der Waals surface area contributed by atoms with Gasteiger partial charge in [-0.2, -0.15) is 0 Å². The number of imide groups is 1. The molecular formula is C19H25BrN2O2. The first-order chi connectivity index (χ1) is 11.2. The van der Waals surface area contributed by atoms with Crippen molar-refractivity contribution in [1.29, 1.82) is 0 Å². The van der Waals surface area contributed by atoms with E-state index in [-0.39, 0.29) is 34.9 Å². The zero-order valence-electron chi connectivity index (χ0n) is 14.7. The zero-order valence-corrected chi connectivity index (χ0v) is 16.3. The van der Waals surface area contributed by atoms with E-state index in [1.807, 2.05) is 12.1 Å². The van der Waals surface area contributed by atoms with Crippen LogP contribution in [0.1, 0.15) is 61.3 Å². The SMILES string of the molecule is CC1(C)CC(C(CBr)N2C(=O)c3ccccc3C2=O)CC(C)(C)N1. The van der Waals surface area contributed by atoms with Crippen LogP contribution in [0.4, 0.5) is 0 Å². The Bertz CT molecular complexity index is 633. The molecule has 0 bridgehead atoms. The summed E-state index contributed by atoms with van der Waals surface area (Å²) in [5, 5.41) is 4.27. The lowest BCUT2D eigenvalue weighted by molar-refractivity contribution is 0.0405. The third kappa shape index (κ3) is 3.04. The molecule has 2 aliphatic heterocycles. The van der Waals surface area contributed by atoms with Crippen molar-refractivity contribution in [3.8, 4) is 0 Å². The molecule has 130 valence electrons. The maximum absolute atomic E-state index is 12.8. The topological polar surface area (TPSA) is 49.4 Å². The molecule has 1 aromatic rings. The summed E-state index contributed by atoms with van der Waals surface area (Å²) in [4.78, 5) is 27.2. The standard InChI is InChI=1S/C19H25BrN2O2/c1-18(2)9-12(10-19(3,4)21-18)15(11-20)22-16(23)13-7-5-6-8-14(13)17(22)24/h5-8,12,15,21H,9-11H2,1-4H3. The molecule has 0 aromatic heterocycles. The van der Waals surface area contributed by atoms with Crippen LogP contribution in [0.25, 0.3) is 0 Å². The van der Waals surface area contributed by atoms with E-state index >= 15 is 0 Å². The van der Waals surface area contributed by atoms with E-state index in [4.69, 9.17) is 0 Å². The fraction of sp³-hybridized carbons (Fsp3) is 0.579. The molecule has 1 unspecified atom stereocenters. The summed E-state index contributed by atoms with van der Waals surface area (Å²) in [5.74, 6) is -0.0544. The molecule has 1 saturated heterocycles. The van der Waals surface area contributed by atoms with Crippen LogP contribution in [-0.4, -0.2) is 39.2 Å². The fourth-order valence-corrected chi connectivity index (χ4v) is 5.41. The van der Waals surface area contributed by atoms with Gasteiger partial charge in [-0.25, -0.2) is 0 Å². The highest BCUT2D eigenvalue weighted by Crippen LogP contribution is 2.38. The third-order valence-corrected chi connectivity index (χ3v) is 5.74. The maximum atomic E-state index is 12.8. The molecule has 3 rings (SSSR count). The Hall–Kier alpha value is -1.20. The summed E-state index contributed by atoms with van der Waals surface area (Å²) in [5.41, 5.74) is 1.01. The number of benzene rings is 1. The number of hydrogen-bond donors (Lipinski definition) is 1. The van der Waals surface area contributed by atoms with Crippen LogP contribution in [-0.2, 0) is 0 Å². The summed E-state index contributed by atoms with van der Waals surface area (Å²) in [6.07, 6.45) is 1.86. The van der Waals surface area contributed by atoms with Gasteiger partial charge in [0.1, 0.15) is 0 Å². The smallest absolute Gasteiger partial charge is 0.261 e. The van der Waals surface area contributed by atoms with Crippen molar-refractivity contribution in [2.45, 2.75) is 57.7 Å². The summed E-state index contributed by atoms with van der Waals surface area (Å²) in [7, 11) is 0. The molecule has 24 heavy (non-hydrogen) atoms. The van der Waals surface area contributed by atoms with Gasteiger partial charge in [0.2, 0.25) is 0 Å². The van der Waals surface area contributed by atoms with Crippen molar-refractivity contribution in [2.24, 2.45) is 5.92 Å². The van der Waals surface area contributed by atoms with Crippen molar-refractivity contribution in [3.63, 3.8) is 0 Å². The Labute approximate surface area is 152 Å². The number of halogens is 1. The molecule has 2 amide bonds. The first-order valence-electron chi connectivity index (χ1n) is 8.47. The van der Waals surface area contributed by atoms with E-state index in [1.165, 1.54) is 4.90 Å². The van der Waals surface area contributed by atoms with Gasteiger partial charge >= 0.3 is 0 Å². The van der Waals surface area contributed by atoms with Crippen molar-refractivity contribution < 1.29 is 9.59 Å². The van der Waals surface area contributed by atoms with Gasteiger partial charge < -0.3 is 5.32 Å². The number of alkyl halides is 1. The predicted octanol–water partition coefficient (Wildman–Crippen LogP) is 3.60. The van der Waals surface area contributed by atoms with E-state index in [0.29, 0.717) is 16.5 Å². The minimum absolute atomic E-state index is 0.0223. The third-order valence-electron chi connectivity index (χ3n) is 5.08. The maximum Gasteiger partial charge on any atom is 0.261 e. The highest BCUT2D eigenvalue weighted by Gasteiger charge is 2.47. The highest BCUT2D eigenvalue weighted by atomic mass is 79.9. The molecule has 4 nitrogen and oxygen atoms in total. The van der Waals surface area contributed by atoms with E-state index in [2.05, 4.69) is 48.9 Å². The predicted molar refractivity (Wildman–Crippen MR) is 98.5 cm³/mol. The molecular weight excluding hydrogens is 368 g/mol. The van der Waals surface area contributed by atoms with Gasteiger partial charge in [-0.05, 0) is 58.6 Å². The van der Waals surface area contributed by atoms with E-state index in [0.717, 1.165) is 12.8 Å². The van der Waals surface area contributed by atoms with Gasteiger partial charge in [0.05, 0.1) is 17.2 Å². The average Bonchev–Trinajstić information content (AvgIpc) is 2.71. The Balaban J connectivity index is 1.93. The molecule has 0 aliphatic carbocycles. The van der Waals surface area contributed by atoms with Crippen molar-refractivity contribution in [1.82, 2.24) is 10.2 Å². The minimum atomic E-state index is -0.158. The number of nitrogens with one attached hydrogen (secondary N) is 1. The summed E-state index contributed by atoms with van der Waals surface area (Å²) in [6, 6.07) is 6.99. The van der Waals surface area contributed by atoms with E-state index in [9.17, 15) is 9.59 Å². The van der Waals surface area contributed by atoms with Crippen LogP contribution in [0.2, 0.25) is 0 Å². The number of amides is 2. The number of carbonyl (C=O) groups is 2. The van der Waals surface area contributed by atoms with Crippen molar-refractivity contribution >= 4 is 27.7 Å². The second-order valence-corrected chi connectivity index (χ2v) is 8.96. The highest BCUT2D eigenvalue weighted by molar-refractivity contribution is 9.09. The molecule has 1 atom stereocenters. The van der Waals surface area contributed by atoms with E-state index < -0.39 is 0 Å². The number of carbonyl (C=O) groups excluding carboxylic acids is 2. The summed E-state index contributed by atoms with van der Waals surface area (Å²) in [6.45, 7) is 8.76. The van der Waals surface area contributed by atoms with Gasteiger partial charge in [-0.15, -0.1) is 0 Å². The van der Waals surface area contributed by atoms with Gasteiger partial charge in [0.15, 0.2) is 0 Å². The molecule has 1 fully saturated rings. The second kappa shape index (κ2) is 5.95. The zero-order chi connectivity index (χ0) is 17.7. The molecule has 0 saturated carbocycles. The van der Waals surface area contributed by atoms with Crippen LogP contribution in [0.5, 0.6) is 0 Å². The molecule has 5 heteroatoms. The van der Waals surface area contributed by atoms with Gasteiger partial charge in [0.25, 0.3) is 11.8 Å². The van der Waals surface area contributed by atoms with Crippen LogP contribution in [0, 0.1) is 5.92 Å². The van der Waals surface area contributed by atoms with Crippen LogP contribution in [0.3, 0.4) is 0 Å². The lowest BCUT2D eigenvalue weighted by Gasteiger charge is -2.49. The number of piperidine rings is 1. The van der Waals surface area contributed by atoms with Crippen LogP contribution >= 0.6 is 15.9 Å². The Morgan fingerprint density at radius 2 is 1.54 bits per heavy atom. The summed E-state index contributed by atoms with van der Waals surface area (Å²) < 4.78 is 0. The van der Waals surface area contributed by atoms with Gasteiger partial charge in [-0.1, -0.05) is 28.1 Å². The number of fused-ring (bicyclic) bond motifs is 1. The molecule has 1 N–H and O–H groups in total. The Morgan fingerprint density at radius 3 is 1.96 bits per heavy atom. The van der Waals surface area contributed by atoms with Crippen LogP contribution in [0.15, 0.2) is 24.3 Å². The molecule has 1 aromatic carbocycles. The number of rotatable bonds is 3. The lowest BCUT2D eigenvalue weighted by atomic mass is 9.73.